The number of carbonyl (C=O) groups excluding carboxylic acids is 1. The molecule has 0 spiro atoms. The summed E-state index contributed by atoms with van der Waals surface area (Å²) in [5.74, 6) is -0.0256. The first-order valence-corrected chi connectivity index (χ1v) is 9.66. The molecule has 1 aromatic carbocycles. The molecule has 0 saturated heterocycles. The van der Waals surface area contributed by atoms with Crippen molar-refractivity contribution in [2.45, 2.75) is 38.1 Å². The molecule has 1 aliphatic heterocycles. The highest BCUT2D eigenvalue weighted by Crippen LogP contribution is 2.29. The van der Waals surface area contributed by atoms with Crippen LogP contribution in [0.25, 0.3) is 0 Å². The average Bonchev–Trinajstić information content (AvgIpc) is 3.02. The van der Waals surface area contributed by atoms with Gasteiger partial charge in [-0.1, -0.05) is 0 Å². The van der Waals surface area contributed by atoms with Gasteiger partial charge in [-0.15, -0.1) is 0 Å². The second-order valence-electron chi connectivity index (χ2n) is 6.32. The fourth-order valence-corrected chi connectivity index (χ4v) is 4.16. The second-order valence-corrected chi connectivity index (χ2v) is 8.09. The number of hydrogen-bond donors (Lipinski definition) is 1. The zero-order valence-corrected chi connectivity index (χ0v) is 15.4. The van der Waals surface area contributed by atoms with E-state index < -0.39 is 10.0 Å². The van der Waals surface area contributed by atoms with Crippen LogP contribution >= 0.6 is 0 Å². The lowest BCUT2D eigenvalue weighted by molar-refractivity contribution is -0.117. The van der Waals surface area contributed by atoms with Crippen LogP contribution < -0.4 is 9.62 Å². The van der Waals surface area contributed by atoms with Gasteiger partial charge in [0, 0.05) is 31.5 Å². The number of nitrogens with zero attached hydrogens (tertiary/aromatic N) is 3. The number of rotatable bonds is 6. The van der Waals surface area contributed by atoms with Crippen LogP contribution in [0.1, 0.15) is 23.4 Å². The molecule has 1 amide bonds. The molecule has 0 bridgehead atoms. The number of benzene rings is 1. The van der Waals surface area contributed by atoms with Crippen molar-refractivity contribution in [2.24, 2.45) is 0 Å². The van der Waals surface area contributed by atoms with Crippen molar-refractivity contribution in [1.29, 1.82) is 0 Å². The minimum atomic E-state index is -3.59. The van der Waals surface area contributed by atoms with Crippen molar-refractivity contribution in [2.75, 3.05) is 18.5 Å². The molecule has 1 N–H and O–H groups in total. The number of hydrogen-bond acceptors (Lipinski definition) is 4. The van der Waals surface area contributed by atoms with Crippen LogP contribution in [-0.4, -0.2) is 37.7 Å². The number of anilines is 1. The smallest absolute Gasteiger partial charge is 0.240 e. The van der Waals surface area contributed by atoms with Crippen LogP contribution in [0.2, 0.25) is 0 Å². The van der Waals surface area contributed by atoms with Gasteiger partial charge in [-0.2, -0.15) is 5.10 Å². The molecule has 8 heteroatoms. The maximum atomic E-state index is 12.4. The molecular formula is C17H22N4O3S. The summed E-state index contributed by atoms with van der Waals surface area (Å²) in [6.07, 6.45) is 0.889. The van der Waals surface area contributed by atoms with Gasteiger partial charge in [0.1, 0.15) is 0 Å². The molecule has 2 heterocycles. The largest absolute Gasteiger partial charge is 0.315 e. The maximum Gasteiger partial charge on any atom is 0.240 e. The molecule has 1 aliphatic rings. The molecular weight excluding hydrogens is 340 g/mol. The number of aromatic nitrogens is 2. The Morgan fingerprint density at radius 3 is 2.68 bits per heavy atom. The number of fused-ring (bicyclic) bond motifs is 1. The van der Waals surface area contributed by atoms with Crippen molar-refractivity contribution in [3.8, 4) is 0 Å². The average molecular weight is 362 g/mol. The molecule has 0 atom stereocenters. The van der Waals surface area contributed by atoms with Crippen LogP contribution in [-0.2, 0) is 27.8 Å². The molecule has 2 aromatic rings. The van der Waals surface area contributed by atoms with Gasteiger partial charge >= 0.3 is 0 Å². The summed E-state index contributed by atoms with van der Waals surface area (Å²) in [6.45, 7) is 4.90. The standard InChI is InChI=1S/C17H22N4O3S/c1-12-9-13(2)21(19-12)8-4-7-18-25(23,24)15-5-6-16-14(10-15)11-17(22)20(16)3/h5-6,9-10,18H,4,7-8,11H2,1-3H3. The monoisotopic (exact) mass is 362 g/mol. The van der Waals surface area contributed by atoms with Crippen molar-refractivity contribution >= 4 is 21.6 Å². The van der Waals surface area contributed by atoms with Gasteiger partial charge < -0.3 is 4.90 Å². The molecule has 0 radical (unpaired) electrons. The minimum absolute atomic E-state index is 0.0256. The zero-order valence-electron chi connectivity index (χ0n) is 14.6. The Hall–Kier alpha value is -2.19. The Bertz CT molecular complexity index is 918. The van der Waals surface area contributed by atoms with Gasteiger partial charge in [0.25, 0.3) is 0 Å². The third-order valence-corrected chi connectivity index (χ3v) is 5.84. The van der Waals surface area contributed by atoms with Crippen molar-refractivity contribution in [3.63, 3.8) is 0 Å². The Balaban J connectivity index is 1.62. The summed E-state index contributed by atoms with van der Waals surface area (Å²) < 4.78 is 29.4. The molecule has 7 nitrogen and oxygen atoms in total. The summed E-state index contributed by atoms with van der Waals surface area (Å²) >= 11 is 0. The fourth-order valence-electron chi connectivity index (χ4n) is 3.03. The molecule has 0 aliphatic carbocycles. The first kappa shape index (κ1) is 17.6. The molecule has 25 heavy (non-hydrogen) atoms. The van der Waals surface area contributed by atoms with Gasteiger partial charge in [-0.05, 0) is 50.1 Å². The summed E-state index contributed by atoms with van der Waals surface area (Å²) in [7, 11) is -1.89. The van der Waals surface area contributed by atoms with Gasteiger partial charge in [0.15, 0.2) is 0 Å². The third kappa shape index (κ3) is 3.59. The van der Waals surface area contributed by atoms with E-state index >= 15 is 0 Å². The van der Waals surface area contributed by atoms with Crippen LogP contribution in [0.4, 0.5) is 5.69 Å². The first-order chi connectivity index (χ1) is 11.8. The highest BCUT2D eigenvalue weighted by atomic mass is 32.2. The predicted octanol–water partition coefficient (Wildman–Crippen LogP) is 1.39. The number of sulfonamides is 1. The lowest BCUT2D eigenvalue weighted by atomic mass is 10.2. The number of aryl methyl sites for hydroxylation is 3. The summed E-state index contributed by atoms with van der Waals surface area (Å²) in [5.41, 5.74) is 3.54. The zero-order chi connectivity index (χ0) is 18.2. The van der Waals surface area contributed by atoms with E-state index in [9.17, 15) is 13.2 Å². The number of nitrogens with one attached hydrogen (secondary N) is 1. The van der Waals surface area contributed by atoms with E-state index in [0.717, 1.165) is 22.6 Å². The van der Waals surface area contributed by atoms with Crippen LogP contribution in [0.5, 0.6) is 0 Å². The van der Waals surface area contributed by atoms with E-state index in [1.807, 2.05) is 24.6 Å². The lowest BCUT2D eigenvalue weighted by Gasteiger charge is -2.11. The Kier molecular flexibility index (Phi) is 4.66. The van der Waals surface area contributed by atoms with Gasteiger partial charge in [0.2, 0.25) is 15.9 Å². The Morgan fingerprint density at radius 2 is 2.00 bits per heavy atom. The second kappa shape index (κ2) is 6.61. The number of carbonyl (C=O) groups is 1. The number of amides is 1. The molecule has 3 rings (SSSR count). The van der Waals surface area contributed by atoms with Crippen LogP contribution in [0, 0.1) is 13.8 Å². The highest BCUT2D eigenvalue weighted by Gasteiger charge is 2.26. The summed E-state index contributed by atoms with van der Waals surface area (Å²) in [5, 5.41) is 4.36. The molecule has 134 valence electrons. The third-order valence-electron chi connectivity index (χ3n) is 4.38. The SMILES string of the molecule is Cc1cc(C)n(CCCNS(=O)(=O)c2ccc3c(c2)CC(=O)N3C)n1. The Morgan fingerprint density at radius 1 is 1.24 bits per heavy atom. The van der Waals surface area contributed by atoms with E-state index in [1.54, 1.807) is 24.1 Å². The van der Waals surface area contributed by atoms with E-state index in [1.165, 1.54) is 6.07 Å². The van der Waals surface area contributed by atoms with Crippen molar-refractivity contribution in [1.82, 2.24) is 14.5 Å². The van der Waals surface area contributed by atoms with E-state index in [-0.39, 0.29) is 17.2 Å². The van der Waals surface area contributed by atoms with Gasteiger partial charge in [0.05, 0.1) is 17.0 Å². The number of likely N-dealkylation sites (N-methyl/N-ethyl adjacent to an activating group) is 1. The predicted molar refractivity (Wildman–Crippen MR) is 95.1 cm³/mol. The van der Waals surface area contributed by atoms with Crippen LogP contribution in [0.15, 0.2) is 29.2 Å². The van der Waals surface area contributed by atoms with Crippen molar-refractivity contribution < 1.29 is 13.2 Å². The van der Waals surface area contributed by atoms with Crippen molar-refractivity contribution in [3.05, 3.63) is 41.2 Å². The Labute approximate surface area is 147 Å². The van der Waals surface area contributed by atoms with Gasteiger partial charge in [-0.3, -0.25) is 9.48 Å². The van der Waals surface area contributed by atoms with E-state index in [2.05, 4.69) is 9.82 Å². The van der Waals surface area contributed by atoms with E-state index in [4.69, 9.17) is 0 Å². The summed E-state index contributed by atoms with van der Waals surface area (Å²) in [4.78, 5) is 13.5. The molecule has 0 saturated carbocycles. The van der Waals surface area contributed by atoms with E-state index in [0.29, 0.717) is 19.5 Å². The fraction of sp³-hybridized carbons (Fsp3) is 0.412. The molecule has 1 aromatic heterocycles. The normalized spacial score (nSPS) is 14.2. The quantitative estimate of drug-likeness (QED) is 0.787. The molecule has 0 fully saturated rings. The first-order valence-electron chi connectivity index (χ1n) is 8.18. The lowest BCUT2D eigenvalue weighted by Crippen LogP contribution is -2.26. The highest BCUT2D eigenvalue weighted by molar-refractivity contribution is 7.89. The van der Waals surface area contributed by atoms with Crippen LogP contribution in [0.3, 0.4) is 0 Å². The molecule has 0 unspecified atom stereocenters. The maximum absolute atomic E-state index is 12.4. The van der Waals surface area contributed by atoms with Gasteiger partial charge in [-0.25, -0.2) is 13.1 Å². The minimum Gasteiger partial charge on any atom is -0.315 e. The summed E-state index contributed by atoms with van der Waals surface area (Å²) in [6, 6.07) is 6.80. The topological polar surface area (TPSA) is 84.3 Å².